The predicted octanol–water partition coefficient (Wildman–Crippen LogP) is 2.06. The van der Waals surface area contributed by atoms with Crippen LogP contribution in [0.2, 0.25) is 0 Å². The number of hydrazine groups is 1. The van der Waals surface area contributed by atoms with Gasteiger partial charge in [-0.15, -0.1) is 0 Å². The van der Waals surface area contributed by atoms with Gasteiger partial charge in [-0.1, -0.05) is 0 Å². The molecule has 0 unspecified atom stereocenters. The van der Waals surface area contributed by atoms with Gasteiger partial charge < -0.3 is 14.9 Å². The molecule has 106 valence electrons. The van der Waals surface area contributed by atoms with Crippen LogP contribution in [0, 0.1) is 13.8 Å². The molecule has 1 heterocycles. The number of anilines is 1. The molecule has 0 amide bonds. The van der Waals surface area contributed by atoms with Crippen molar-refractivity contribution in [3.8, 4) is 22.9 Å². The van der Waals surface area contributed by atoms with Crippen molar-refractivity contribution >= 4 is 5.82 Å². The molecule has 6 nitrogen and oxygen atoms in total. The van der Waals surface area contributed by atoms with Crippen molar-refractivity contribution in [3.05, 3.63) is 29.5 Å². The quantitative estimate of drug-likeness (QED) is 0.656. The minimum Gasteiger partial charge on any atom is -0.497 e. The minimum absolute atomic E-state index is 0.568. The molecule has 0 aliphatic carbocycles. The van der Waals surface area contributed by atoms with Gasteiger partial charge in [0.1, 0.15) is 17.3 Å². The second kappa shape index (κ2) is 5.75. The summed E-state index contributed by atoms with van der Waals surface area (Å²) in [4.78, 5) is 8.90. The van der Waals surface area contributed by atoms with Crippen LogP contribution in [-0.4, -0.2) is 24.2 Å². The first-order valence-electron chi connectivity index (χ1n) is 6.14. The number of ether oxygens (including phenoxy) is 2. The van der Waals surface area contributed by atoms with E-state index in [1.807, 2.05) is 26.0 Å². The molecular formula is C14H18N4O2. The predicted molar refractivity (Wildman–Crippen MR) is 77.9 cm³/mol. The Morgan fingerprint density at radius 1 is 1.00 bits per heavy atom. The van der Waals surface area contributed by atoms with Crippen molar-refractivity contribution in [1.82, 2.24) is 9.97 Å². The lowest BCUT2D eigenvalue weighted by atomic mass is 10.1. The standard InChI is InChI=1S/C14H18N4O2/c1-8-9(2)16-14(17-13(8)18-15)10-5-11(19-3)7-12(6-10)20-4/h5-7H,15H2,1-4H3,(H,16,17,18). The Bertz CT molecular complexity index is 607. The van der Waals surface area contributed by atoms with Gasteiger partial charge in [0.25, 0.3) is 0 Å². The summed E-state index contributed by atoms with van der Waals surface area (Å²) < 4.78 is 10.5. The molecule has 0 fully saturated rings. The van der Waals surface area contributed by atoms with Crippen molar-refractivity contribution in [2.24, 2.45) is 5.84 Å². The lowest BCUT2D eigenvalue weighted by Crippen LogP contribution is -2.12. The number of benzene rings is 1. The molecule has 3 N–H and O–H groups in total. The molecule has 6 heteroatoms. The number of rotatable bonds is 4. The average molecular weight is 274 g/mol. The topological polar surface area (TPSA) is 82.3 Å². The van der Waals surface area contributed by atoms with Gasteiger partial charge in [-0.05, 0) is 26.0 Å². The maximum absolute atomic E-state index is 5.49. The number of aromatic nitrogens is 2. The molecule has 1 aromatic heterocycles. The fourth-order valence-electron chi connectivity index (χ4n) is 1.83. The number of hydrogen-bond donors (Lipinski definition) is 2. The number of nitrogens with one attached hydrogen (secondary N) is 1. The SMILES string of the molecule is COc1cc(OC)cc(-c2nc(C)c(C)c(NN)n2)c1. The third-order valence-corrected chi connectivity index (χ3v) is 3.14. The van der Waals surface area contributed by atoms with E-state index in [-0.39, 0.29) is 0 Å². The summed E-state index contributed by atoms with van der Waals surface area (Å²) in [6.45, 7) is 3.83. The molecule has 2 rings (SSSR count). The molecule has 0 saturated carbocycles. The Morgan fingerprint density at radius 3 is 2.10 bits per heavy atom. The summed E-state index contributed by atoms with van der Waals surface area (Å²) >= 11 is 0. The molecule has 0 atom stereocenters. The van der Waals surface area contributed by atoms with E-state index in [1.165, 1.54) is 0 Å². The highest BCUT2D eigenvalue weighted by molar-refractivity contribution is 5.63. The van der Waals surface area contributed by atoms with Crippen LogP contribution >= 0.6 is 0 Å². The second-order valence-corrected chi connectivity index (χ2v) is 4.35. The molecule has 0 spiro atoms. The fourth-order valence-corrected chi connectivity index (χ4v) is 1.83. The van der Waals surface area contributed by atoms with Crippen molar-refractivity contribution in [2.45, 2.75) is 13.8 Å². The number of nitrogens with zero attached hydrogens (tertiary/aromatic N) is 2. The Hall–Kier alpha value is -2.34. The Morgan fingerprint density at radius 2 is 1.60 bits per heavy atom. The summed E-state index contributed by atoms with van der Waals surface area (Å²) in [6.07, 6.45) is 0. The zero-order valence-electron chi connectivity index (χ0n) is 12.0. The molecule has 0 bridgehead atoms. The first-order chi connectivity index (χ1) is 9.58. The van der Waals surface area contributed by atoms with Gasteiger partial charge in [0.15, 0.2) is 5.82 Å². The molecule has 1 aromatic carbocycles. The molecular weight excluding hydrogens is 256 g/mol. The van der Waals surface area contributed by atoms with Crippen molar-refractivity contribution in [1.29, 1.82) is 0 Å². The van der Waals surface area contributed by atoms with E-state index in [0.717, 1.165) is 16.8 Å². The Balaban J connectivity index is 2.58. The molecule has 0 radical (unpaired) electrons. The van der Waals surface area contributed by atoms with Crippen LogP contribution in [0.15, 0.2) is 18.2 Å². The van der Waals surface area contributed by atoms with Gasteiger partial charge in [-0.2, -0.15) is 0 Å². The average Bonchev–Trinajstić information content (AvgIpc) is 2.49. The Kier molecular flexibility index (Phi) is 4.05. The van der Waals surface area contributed by atoms with Crippen LogP contribution in [-0.2, 0) is 0 Å². The number of nitrogens with two attached hydrogens (primary N) is 1. The van der Waals surface area contributed by atoms with E-state index in [1.54, 1.807) is 20.3 Å². The second-order valence-electron chi connectivity index (χ2n) is 4.35. The zero-order chi connectivity index (χ0) is 14.7. The highest BCUT2D eigenvalue weighted by Gasteiger charge is 2.11. The van der Waals surface area contributed by atoms with Crippen LogP contribution in [0.3, 0.4) is 0 Å². The highest BCUT2D eigenvalue weighted by Crippen LogP contribution is 2.29. The maximum atomic E-state index is 5.49. The van der Waals surface area contributed by atoms with E-state index in [9.17, 15) is 0 Å². The molecule has 2 aromatic rings. The van der Waals surface area contributed by atoms with Gasteiger partial charge >= 0.3 is 0 Å². The van der Waals surface area contributed by atoms with E-state index in [2.05, 4.69) is 15.4 Å². The van der Waals surface area contributed by atoms with Gasteiger partial charge in [0.2, 0.25) is 0 Å². The fraction of sp³-hybridized carbons (Fsp3) is 0.286. The van der Waals surface area contributed by atoms with Crippen LogP contribution in [0.25, 0.3) is 11.4 Å². The molecule has 0 aliphatic rings. The monoisotopic (exact) mass is 274 g/mol. The summed E-state index contributed by atoms with van der Waals surface area (Å²) in [7, 11) is 3.21. The minimum atomic E-state index is 0.568. The van der Waals surface area contributed by atoms with Gasteiger partial charge in [0, 0.05) is 22.9 Å². The van der Waals surface area contributed by atoms with E-state index in [0.29, 0.717) is 23.1 Å². The normalized spacial score (nSPS) is 10.2. The van der Waals surface area contributed by atoms with Gasteiger partial charge in [-0.25, -0.2) is 15.8 Å². The number of hydrogen-bond acceptors (Lipinski definition) is 6. The summed E-state index contributed by atoms with van der Waals surface area (Å²) in [5.41, 5.74) is 5.18. The lowest BCUT2D eigenvalue weighted by Gasteiger charge is -2.11. The molecule has 0 aliphatic heterocycles. The first-order valence-corrected chi connectivity index (χ1v) is 6.14. The smallest absolute Gasteiger partial charge is 0.162 e. The number of nitrogen functional groups attached to an aromatic ring is 1. The van der Waals surface area contributed by atoms with E-state index < -0.39 is 0 Å². The summed E-state index contributed by atoms with van der Waals surface area (Å²) in [5, 5.41) is 0. The zero-order valence-corrected chi connectivity index (χ0v) is 12.0. The lowest BCUT2D eigenvalue weighted by molar-refractivity contribution is 0.394. The van der Waals surface area contributed by atoms with Gasteiger partial charge in [0.05, 0.1) is 14.2 Å². The first kappa shape index (κ1) is 14.1. The largest absolute Gasteiger partial charge is 0.497 e. The van der Waals surface area contributed by atoms with E-state index in [4.69, 9.17) is 15.3 Å². The third kappa shape index (κ3) is 2.65. The van der Waals surface area contributed by atoms with E-state index >= 15 is 0 Å². The summed E-state index contributed by atoms with van der Waals surface area (Å²) in [5.74, 6) is 8.03. The van der Waals surface area contributed by atoms with Crippen molar-refractivity contribution in [2.75, 3.05) is 19.6 Å². The van der Waals surface area contributed by atoms with Crippen LogP contribution in [0.1, 0.15) is 11.3 Å². The number of methoxy groups -OCH3 is 2. The van der Waals surface area contributed by atoms with Crippen LogP contribution in [0.5, 0.6) is 11.5 Å². The molecule has 20 heavy (non-hydrogen) atoms. The third-order valence-electron chi connectivity index (χ3n) is 3.14. The van der Waals surface area contributed by atoms with Crippen LogP contribution < -0.4 is 20.7 Å². The Labute approximate surface area is 117 Å². The van der Waals surface area contributed by atoms with Crippen molar-refractivity contribution < 1.29 is 9.47 Å². The summed E-state index contributed by atoms with van der Waals surface area (Å²) in [6, 6.07) is 5.51. The van der Waals surface area contributed by atoms with Crippen molar-refractivity contribution in [3.63, 3.8) is 0 Å². The number of aryl methyl sites for hydroxylation is 1. The maximum Gasteiger partial charge on any atom is 0.162 e. The highest BCUT2D eigenvalue weighted by atomic mass is 16.5. The van der Waals surface area contributed by atoms with Gasteiger partial charge in [-0.3, -0.25) is 0 Å². The molecule has 0 saturated heterocycles. The van der Waals surface area contributed by atoms with Crippen LogP contribution in [0.4, 0.5) is 5.82 Å².